The molecule has 0 aliphatic carbocycles. The summed E-state index contributed by atoms with van der Waals surface area (Å²) in [7, 11) is 0. The van der Waals surface area contributed by atoms with Crippen molar-refractivity contribution in [3.05, 3.63) is 22.4 Å². The second-order valence-electron chi connectivity index (χ2n) is 3.72. The first-order valence-electron chi connectivity index (χ1n) is 4.81. The van der Waals surface area contributed by atoms with E-state index >= 15 is 0 Å². The molecular weight excluding hydrogens is 180 g/mol. The van der Waals surface area contributed by atoms with E-state index in [0.717, 1.165) is 13.1 Å². The van der Waals surface area contributed by atoms with Gasteiger partial charge < -0.3 is 5.32 Å². The molecule has 1 aliphatic rings. The van der Waals surface area contributed by atoms with Crippen LogP contribution in [0.15, 0.2) is 16.8 Å². The van der Waals surface area contributed by atoms with Crippen molar-refractivity contribution >= 4 is 11.3 Å². The van der Waals surface area contributed by atoms with Crippen molar-refractivity contribution in [2.24, 2.45) is 0 Å². The molecule has 1 atom stereocenters. The molecule has 1 unspecified atom stereocenters. The third-order valence-electron chi connectivity index (χ3n) is 2.44. The van der Waals surface area contributed by atoms with E-state index in [1.807, 2.05) is 0 Å². The van der Waals surface area contributed by atoms with E-state index in [1.165, 1.54) is 18.7 Å². The maximum Gasteiger partial charge on any atom is 0.0243 e. The lowest BCUT2D eigenvalue weighted by molar-refractivity contribution is 0.200. The minimum Gasteiger partial charge on any atom is -0.312 e. The van der Waals surface area contributed by atoms with Crippen LogP contribution in [0.1, 0.15) is 12.5 Å². The lowest BCUT2D eigenvalue weighted by Gasteiger charge is -2.31. The molecule has 13 heavy (non-hydrogen) atoms. The standard InChI is InChI=1S/C10H16N2S/c1-9-6-12(4-3-11-9)7-10-2-5-13-8-10/h2,5,8-9,11H,3-4,6-7H2,1H3. The highest BCUT2D eigenvalue weighted by atomic mass is 32.1. The zero-order chi connectivity index (χ0) is 9.10. The summed E-state index contributed by atoms with van der Waals surface area (Å²) in [6.07, 6.45) is 0. The smallest absolute Gasteiger partial charge is 0.0243 e. The summed E-state index contributed by atoms with van der Waals surface area (Å²) in [5.74, 6) is 0. The van der Waals surface area contributed by atoms with Gasteiger partial charge >= 0.3 is 0 Å². The van der Waals surface area contributed by atoms with Crippen LogP contribution in [0.25, 0.3) is 0 Å². The number of piperazine rings is 1. The van der Waals surface area contributed by atoms with Crippen LogP contribution in [-0.2, 0) is 6.54 Å². The Morgan fingerprint density at radius 1 is 1.69 bits per heavy atom. The third kappa shape index (κ3) is 2.53. The van der Waals surface area contributed by atoms with Crippen LogP contribution in [0.3, 0.4) is 0 Å². The SMILES string of the molecule is CC1CN(Cc2ccsc2)CCN1. The van der Waals surface area contributed by atoms with Gasteiger partial charge in [0.2, 0.25) is 0 Å². The summed E-state index contributed by atoms with van der Waals surface area (Å²) < 4.78 is 0. The zero-order valence-corrected chi connectivity index (χ0v) is 8.81. The third-order valence-corrected chi connectivity index (χ3v) is 3.17. The normalized spacial score (nSPS) is 24.8. The van der Waals surface area contributed by atoms with E-state index in [1.54, 1.807) is 11.3 Å². The number of rotatable bonds is 2. The molecule has 0 bridgehead atoms. The molecule has 0 aromatic carbocycles. The van der Waals surface area contributed by atoms with Crippen molar-refractivity contribution in [3.63, 3.8) is 0 Å². The minimum atomic E-state index is 0.646. The molecule has 2 rings (SSSR count). The number of nitrogens with one attached hydrogen (secondary N) is 1. The zero-order valence-electron chi connectivity index (χ0n) is 7.99. The van der Waals surface area contributed by atoms with Crippen LogP contribution < -0.4 is 5.32 Å². The molecule has 1 saturated heterocycles. The van der Waals surface area contributed by atoms with Gasteiger partial charge in [0.15, 0.2) is 0 Å². The first-order chi connectivity index (χ1) is 6.34. The summed E-state index contributed by atoms with van der Waals surface area (Å²) in [6, 6.07) is 2.87. The summed E-state index contributed by atoms with van der Waals surface area (Å²) >= 11 is 1.79. The van der Waals surface area contributed by atoms with Crippen LogP contribution >= 0.6 is 11.3 Å². The first-order valence-corrected chi connectivity index (χ1v) is 5.75. The van der Waals surface area contributed by atoms with Gasteiger partial charge in [-0.1, -0.05) is 0 Å². The van der Waals surface area contributed by atoms with Gasteiger partial charge in [-0.2, -0.15) is 11.3 Å². The minimum absolute atomic E-state index is 0.646. The summed E-state index contributed by atoms with van der Waals surface area (Å²) in [4.78, 5) is 2.52. The van der Waals surface area contributed by atoms with E-state index in [0.29, 0.717) is 6.04 Å². The summed E-state index contributed by atoms with van der Waals surface area (Å²) in [5, 5.41) is 7.85. The van der Waals surface area contributed by atoms with Crippen LogP contribution in [0.4, 0.5) is 0 Å². The predicted molar refractivity (Wildman–Crippen MR) is 57.1 cm³/mol. The van der Waals surface area contributed by atoms with Crippen molar-refractivity contribution in [1.29, 1.82) is 0 Å². The van der Waals surface area contributed by atoms with Gasteiger partial charge in [0.05, 0.1) is 0 Å². The van der Waals surface area contributed by atoms with Crippen LogP contribution in [0.2, 0.25) is 0 Å². The van der Waals surface area contributed by atoms with E-state index < -0.39 is 0 Å². The molecule has 1 fully saturated rings. The van der Waals surface area contributed by atoms with Crippen LogP contribution in [-0.4, -0.2) is 30.6 Å². The second kappa shape index (κ2) is 4.22. The quantitative estimate of drug-likeness (QED) is 0.772. The predicted octanol–water partition coefficient (Wildman–Crippen LogP) is 1.54. The van der Waals surface area contributed by atoms with E-state index in [2.05, 4.69) is 34.0 Å². The molecule has 0 radical (unpaired) electrons. The molecule has 72 valence electrons. The van der Waals surface area contributed by atoms with Gasteiger partial charge in [-0.3, -0.25) is 4.90 Å². The van der Waals surface area contributed by atoms with Gasteiger partial charge in [0, 0.05) is 32.2 Å². The Hall–Kier alpha value is -0.380. The Morgan fingerprint density at radius 3 is 3.31 bits per heavy atom. The largest absolute Gasteiger partial charge is 0.312 e. The van der Waals surface area contributed by atoms with Gasteiger partial charge in [-0.25, -0.2) is 0 Å². The fourth-order valence-electron chi connectivity index (χ4n) is 1.80. The topological polar surface area (TPSA) is 15.3 Å². The van der Waals surface area contributed by atoms with Crippen molar-refractivity contribution < 1.29 is 0 Å². The Balaban J connectivity index is 1.87. The Bertz CT molecular complexity index is 245. The maximum atomic E-state index is 3.45. The molecule has 2 nitrogen and oxygen atoms in total. The average Bonchev–Trinajstić information content (AvgIpc) is 2.57. The lowest BCUT2D eigenvalue weighted by Crippen LogP contribution is -2.48. The average molecular weight is 196 g/mol. The first kappa shape index (κ1) is 9.19. The van der Waals surface area contributed by atoms with E-state index in [4.69, 9.17) is 0 Å². The Morgan fingerprint density at radius 2 is 2.62 bits per heavy atom. The van der Waals surface area contributed by atoms with Gasteiger partial charge in [-0.15, -0.1) is 0 Å². The molecular formula is C10H16N2S. The lowest BCUT2D eigenvalue weighted by atomic mass is 10.2. The Kier molecular flexibility index (Phi) is 2.98. The number of hydrogen-bond acceptors (Lipinski definition) is 3. The van der Waals surface area contributed by atoms with Gasteiger partial charge in [-0.05, 0) is 29.3 Å². The molecule has 3 heteroatoms. The van der Waals surface area contributed by atoms with Gasteiger partial charge in [0.25, 0.3) is 0 Å². The molecule has 1 aromatic rings. The van der Waals surface area contributed by atoms with Gasteiger partial charge in [0.1, 0.15) is 0 Å². The number of hydrogen-bond donors (Lipinski definition) is 1. The van der Waals surface area contributed by atoms with Crippen LogP contribution in [0, 0.1) is 0 Å². The Labute approximate surface area is 83.6 Å². The van der Waals surface area contributed by atoms with Crippen molar-refractivity contribution in [3.8, 4) is 0 Å². The monoisotopic (exact) mass is 196 g/mol. The molecule has 0 amide bonds. The fourth-order valence-corrected chi connectivity index (χ4v) is 2.46. The summed E-state index contributed by atoms with van der Waals surface area (Å²) in [5.41, 5.74) is 1.46. The fraction of sp³-hybridized carbons (Fsp3) is 0.600. The van der Waals surface area contributed by atoms with Crippen molar-refractivity contribution in [2.75, 3.05) is 19.6 Å². The summed E-state index contributed by atoms with van der Waals surface area (Å²) in [6.45, 7) is 6.86. The number of thiophene rings is 1. The highest BCUT2D eigenvalue weighted by molar-refractivity contribution is 7.07. The van der Waals surface area contributed by atoms with Crippen molar-refractivity contribution in [1.82, 2.24) is 10.2 Å². The highest BCUT2D eigenvalue weighted by Gasteiger charge is 2.15. The maximum absolute atomic E-state index is 3.45. The molecule has 1 N–H and O–H groups in total. The molecule has 2 heterocycles. The highest BCUT2D eigenvalue weighted by Crippen LogP contribution is 2.10. The molecule has 0 saturated carbocycles. The number of nitrogens with zero attached hydrogens (tertiary/aromatic N) is 1. The molecule has 1 aromatic heterocycles. The molecule has 0 spiro atoms. The van der Waals surface area contributed by atoms with Crippen LogP contribution in [0.5, 0.6) is 0 Å². The van der Waals surface area contributed by atoms with E-state index in [-0.39, 0.29) is 0 Å². The second-order valence-corrected chi connectivity index (χ2v) is 4.50. The van der Waals surface area contributed by atoms with Crippen molar-refractivity contribution in [2.45, 2.75) is 19.5 Å². The van der Waals surface area contributed by atoms with E-state index in [9.17, 15) is 0 Å². The molecule has 1 aliphatic heterocycles.